The average molecular weight is 404 g/mol. The van der Waals surface area contributed by atoms with Crippen LogP contribution in [0.5, 0.6) is 0 Å². The Kier molecular flexibility index (Phi) is 8.10. The molecule has 28 heavy (non-hydrogen) atoms. The van der Waals surface area contributed by atoms with Crippen LogP contribution < -0.4 is 10.6 Å². The second-order valence-corrected chi connectivity index (χ2v) is 6.21. The van der Waals surface area contributed by atoms with Crippen LogP contribution in [0.2, 0.25) is 0 Å². The summed E-state index contributed by atoms with van der Waals surface area (Å²) in [6.45, 7) is 2.12. The monoisotopic (exact) mass is 403 g/mol. The summed E-state index contributed by atoms with van der Waals surface area (Å²) in [5.74, 6) is 1.67. The Hall–Kier alpha value is -2.77. The van der Waals surface area contributed by atoms with Crippen molar-refractivity contribution < 1.29 is 9.50 Å². The Morgan fingerprint density at radius 2 is 1.82 bits per heavy atom. The normalized spacial score (nSPS) is 11.4. The number of aliphatic hydroxyl groups is 1. The molecular weight excluding hydrogens is 381 g/mol. The van der Waals surface area contributed by atoms with Crippen molar-refractivity contribution in [3.05, 3.63) is 71.9 Å². The van der Waals surface area contributed by atoms with Gasteiger partial charge in [-0.1, -0.05) is 12.1 Å². The van der Waals surface area contributed by atoms with Gasteiger partial charge in [0, 0.05) is 25.0 Å². The van der Waals surface area contributed by atoms with E-state index in [2.05, 4.69) is 25.6 Å². The SMILES string of the molecule is CC(Nc1cc(CCCO)cc(Nc2cnccn2)n1)c1ccc(F)cc1.Cl. The van der Waals surface area contributed by atoms with Crippen LogP contribution in [0.15, 0.2) is 55.0 Å². The summed E-state index contributed by atoms with van der Waals surface area (Å²) in [4.78, 5) is 12.8. The van der Waals surface area contributed by atoms with Gasteiger partial charge in [-0.25, -0.2) is 14.4 Å². The number of aliphatic hydroxyl groups excluding tert-OH is 1. The molecular formula is C20H23ClFN5O. The predicted molar refractivity (Wildman–Crippen MR) is 111 cm³/mol. The van der Waals surface area contributed by atoms with E-state index < -0.39 is 0 Å². The summed E-state index contributed by atoms with van der Waals surface area (Å²) in [7, 11) is 0. The van der Waals surface area contributed by atoms with Crippen LogP contribution in [0.4, 0.5) is 21.8 Å². The van der Waals surface area contributed by atoms with Crippen LogP contribution in [0.1, 0.15) is 30.5 Å². The fourth-order valence-corrected chi connectivity index (χ4v) is 2.70. The molecule has 2 heterocycles. The van der Waals surface area contributed by atoms with Crippen molar-refractivity contribution in [2.75, 3.05) is 17.2 Å². The first kappa shape index (κ1) is 21.5. The molecule has 0 saturated heterocycles. The molecule has 0 aliphatic carbocycles. The lowest BCUT2D eigenvalue weighted by Crippen LogP contribution is -2.09. The Balaban J connectivity index is 0.00000280. The highest BCUT2D eigenvalue weighted by atomic mass is 35.5. The van der Waals surface area contributed by atoms with Crippen molar-refractivity contribution in [3.8, 4) is 0 Å². The molecule has 0 bridgehead atoms. The van der Waals surface area contributed by atoms with Crippen molar-refractivity contribution in [3.63, 3.8) is 0 Å². The zero-order valence-corrected chi connectivity index (χ0v) is 16.3. The van der Waals surface area contributed by atoms with E-state index in [-0.39, 0.29) is 30.9 Å². The number of benzene rings is 1. The number of hydrogen-bond donors (Lipinski definition) is 3. The van der Waals surface area contributed by atoms with Crippen LogP contribution in [0, 0.1) is 5.82 Å². The van der Waals surface area contributed by atoms with E-state index in [1.54, 1.807) is 30.7 Å². The maximum absolute atomic E-state index is 13.1. The topological polar surface area (TPSA) is 83.0 Å². The van der Waals surface area contributed by atoms with Crippen molar-refractivity contribution in [1.29, 1.82) is 0 Å². The third kappa shape index (κ3) is 6.14. The Morgan fingerprint density at radius 1 is 1.07 bits per heavy atom. The van der Waals surface area contributed by atoms with Gasteiger partial charge in [-0.15, -0.1) is 12.4 Å². The molecule has 148 valence electrons. The molecule has 0 aliphatic heterocycles. The largest absolute Gasteiger partial charge is 0.396 e. The van der Waals surface area contributed by atoms with Crippen LogP contribution in [-0.2, 0) is 6.42 Å². The summed E-state index contributed by atoms with van der Waals surface area (Å²) in [5, 5.41) is 15.6. The zero-order valence-electron chi connectivity index (χ0n) is 15.5. The number of halogens is 2. The van der Waals surface area contributed by atoms with Gasteiger partial charge in [0.15, 0.2) is 0 Å². The quantitative estimate of drug-likeness (QED) is 0.521. The van der Waals surface area contributed by atoms with Gasteiger partial charge in [0.05, 0.1) is 6.20 Å². The molecule has 0 fully saturated rings. The molecule has 3 N–H and O–H groups in total. The van der Waals surface area contributed by atoms with Crippen molar-refractivity contribution in [1.82, 2.24) is 15.0 Å². The Bertz CT molecular complexity index is 864. The first-order valence-corrected chi connectivity index (χ1v) is 8.81. The fourth-order valence-electron chi connectivity index (χ4n) is 2.70. The maximum atomic E-state index is 13.1. The van der Waals surface area contributed by atoms with Crippen LogP contribution in [-0.4, -0.2) is 26.7 Å². The van der Waals surface area contributed by atoms with Crippen LogP contribution in [0.3, 0.4) is 0 Å². The second kappa shape index (κ2) is 10.5. The van der Waals surface area contributed by atoms with Gasteiger partial charge in [0.25, 0.3) is 0 Å². The molecule has 6 nitrogen and oxygen atoms in total. The summed E-state index contributed by atoms with van der Waals surface area (Å²) in [6.07, 6.45) is 6.23. The van der Waals surface area contributed by atoms with Gasteiger partial charge in [-0.3, -0.25) is 4.98 Å². The maximum Gasteiger partial charge on any atom is 0.150 e. The molecule has 8 heteroatoms. The minimum atomic E-state index is -0.259. The lowest BCUT2D eigenvalue weighted by atomic mass is 10.1. The standard InChI is InChI=1S/C20H22FN5O.ClH/c1-14(16-4-6-17(21)7-5-16)24-18-11-15(3-2-10-27)12-19(25-18)26-20-13-22-8-9-23-20;/h4-9,11-14,27H,2-3,10H2,1H3,(H2,23,24,25,26);1H. The van der Waals surface area contributed by atoms with E-state index in [0.29, 0.717) is 23.9 Å². The van der Waals surface area contributed by atoms with Gasteiger partial charge in [0.2, 0.25) is 0 Å². The summed E-state index contributed by atoms with van der Waals surface area (Å²) >= 11 is 0. The molecule has 0 saturated carbocycles. The highest BCUT2D eigenvalue weighted by molar-refractivity contribution is 5.85. The lowest BCUT2D eigenvalue weighted by molar-refractivity contribution is 0.288. The van der Waals surface area contributed by atoms with Gasteiger partial charge >= 0.3 is 0 Å². The number of anilines is 3. The van der Waals surface area contributed by atoms with Crippen LogP contribution >= 0.6 is 12.4 Å². The van der Waals surface area contributed by atoms with Gasteiger partial charge in [0.1, 0.15) is 23.3 Å². The summed E-state index contributed by atoms with van der Waals surface area (Å²) < 4.78 is 13.1. The van der Waals surface area contributed by atoms with E-state index in [0.717, 1.165) is 17.5 Å². The highest BCUT2D eigenvalue weighted by Crippen LogP contribution is 2.23. The Morgan fingerprint density at radius 3 is 2.50 bits per heavy atom. The first-order chi connectivity index (χ1) is 13.1. The molecule has 0 radical (unpaired) electrons. The number of hydrogen-bond acceptors (Lipinski definition) is 6. The average Bonchev–Trinajstić information content (AvgIpc) is 2.67. The summed E-state index contributed by atoms with van der Waals surface area (Å²) in [5.41, 5.74) is 2.00. The minimum absolute atomic E-state index is 0. The van der Waals surface area contributed by atoms with E-state index in [1.165, 1.54) is 12.1 Å². The van der Waals surface area contributed by atoms with E-state index >= 15 is 0 Å². The Labute approximate surface area is 169 Å². The third-order valence-electron chi connectivity index (χ3n) is 4.06. The molecule has 1 atom stereocenters. The molecule has 1 unspecified atom stereocenters. The van der Waals surface area contributed by atoms with Crippen molar-refractivity contribution in [2.45, 2.75) is 25.8 Å². The zero-order chi connectivity index (χ0) is 19.1. The van der Waals surface area contributed by atoms with Crippen molar-refractivity contribution in [2.24, 2.45) is 0 Å². The highest BCUT2D eigenvalue weighted by Gasteiger charge is 2.09. The molecule has 0 spiro atoms. The first-order valence-electron chi connectivity index (χ1n) is 8.81. The molecule has 0 aliphatic rings. The number of pyridine rings is 1. The number of nitrogens with zero attached hydrogens (tertiary/aromatic N) is 3. The number of aromatic nitrogens is 3. The lowest BCUT2D eigenvalue weighted by Gasteiger charge is -2.17. The van der Waals surface area contributed by atoms with Gasteiger partial charge < -0.3 is 15.7 Å². The number of nitrogens with one attached hydrogen (secondary N) is 2. The number of aryl methyl sites for hydroxylation is 1. The second-order valence-electron chi connectivity index (χ2n) is 6.21. The van der Waals surface area contributed by atoms with Crippen LogP contribution in [0.25, 0.3) is 0 Å². The van der Waals surface area contributed by atoms with E-state index in [4.69, 9.17) is 5.11 Å². The van der Waals surface area contributed by atoms with E-state index in [1.807, 2.05) is 19.1 Å². The summed E-state index contributed by atoms with van der Waals surface area (Å²) in [6, 6.07) is 10.2. The van der Waals surface area contributed by atoms with Gasteiger partial charge in [-0.2, -0.15) is 0 Å². The smallest absolute Gasteiger partial charge is 0.150 e. The molecule has 3 rings (SSSR count). The minimum Gasteiger partial charge on any atom is -0.396 e. The number of rotatable bonds is 8. The third-order valence-corrected chi connectivity index (χ3v) is 4.06. The molecule has 1 aromatic carbocycles. The predicted octanol–water partition coefficient (Wildman–Crippen LogP) is 4.27. The molecule has 3 aromatic rings. The fraction of sp³-hybridized carbons (Fsp3) is 0.250. The van der Waals surface area contributed by atoms with E-state index in [9.17, 15) is 4.39 Å². The molecule has 2 aromatic heterocycles. The van der Waals surface area contributed by atoms with Gasteiger partial charge in [-0.05, 0) is 55.2 Å². The molecule has 0 amide bonds. The van der Waals surface area contributed by atoms with Crippen molar-refractivity contribution >= 4 is 29.9 Å².